The number of rotatable bonds is 12. The van der Waals surface area contributed by atoms with Crippen molar-refractivity contribution >= 4 is 46.2 Å². The lowest BCUT2D eigenvalue weighted by atomic mass is 9.85. The summed E-state index contributed by atoms with van der Waals surface area (Å²) in [5.41, 5.74) is 2.94. The molecule has 6 aromatic rings. The molecule has 2 aromatic carbocycles. The summed E-state index contributed by atoms with van der Waals surface area (Å²) in [7, 11) is 2.55. The summed E-state index contributed by atoms with van der Waals surface area (Å²) in [5, 5.41) is 17.8. The molecule has 0 bridgehead atoms. The van der Waals surface area contributed by atoms with Crippen LogP contribution >= 0.6 is 11.3 Å². The molecular weight excluding hydrogens is 972 g/mol. The molecule has 74 heavy (non-hydrogen) atoms. The number of aromatic amines is 2. The van der Waals surface area contributed by atoms with Gasteiger partial charge >= 0.3 is 12.2 Å². The molecule has 3 fully saturated rings. The highest BCUT2D eigenvalue weighted by molar-refractivity contribution is 7.11. The second-order valence-electron chi connectivity index (χ2n) is 20.8. The van der Waals surface area contributed by atoms with Crippen LogP contribution in [-0.2, 0) is 29.4 Å². The maximum atomic E-state index is 17.0. The number of halogens is 1. The number of nitrogens with one attached hydrogen (secondary N) is 4. The number of H-pyrrole nitrogens is 2. The zero-order valence-corrected chi connectivity index (χ0v) is 43.5. The number of imidazole rings is 2. The minimum absolute atomic E-state index is 0.0647. The zero-order chi connectivity index (χ0) is 52.3. The summed E-state index contributed by atoms with van der Waals surface area (Å²) >= 11 is 1.31. The molecule has 4 aliphatic rings. The quantitative estimate of drug-likeness (QED) is 0.0777. The fraction of sp³-hybridized carbons (Fsp3) is 0.491. The SMILES string of the molecule is COC(=O)NC(C(=O)N1CCC[C@H]1c1ncc(-c2cc(F)c3c(c2)OC(c2cnc(C(C)(C)O)s2)n2c-3cc3cc(-c4cnc([C@@H]5CCCN5C(=O)C(NC(=O)OC)C5C[C@@H](C)O[C@@H](C)C5)[nH]4)ccc32)[nH]1)C(C)C. The Bertz CT molecular complexity index is 3090. The van der Waals surface area contributed by atoms with Crippen LogP contribution in [0.4, 0.5) is 14.0 Å². The van der Waals surface area contributed by atoms with Gasteiger partial charge in [0, 0.05) is 35.8 Å². The van der Waals surface area contributed by atoms with Crippen LogP contribution < -0.4 is 15.4 Å². The third-order valence-electron chi connectivity index (χ3n) is 14.8. The number of benzene rings is 2. The van der Waals surface area contributed by atoms with Gasteiger partial charge in [-0.25, -0.2) is 28.9 Å². The zero-order valence-electron chi connectivity index (χ0n) is 42.7. The first-order valence-corrected chi connectivity index (χ1v) is 26.1. The monoisotopic (exact) mass is 1030 g/mol. The largest absolute Gasteiger partial charge is 0.464 e. The Morgan fingerprint density at radius 1 is 0.838 bits per heavy atom. The number of amides is 4. The molecular formula is C53H63FN10O9S. The molecule has 0 radical (unpaired) electrons. The van der Waals surface area contributed by atoms with Gasteiger partial charge in [-0.2, -0.15) is 0 Å². The predicted octanol–water partition coefficient (Wildman–Crippen LogP) is 8.49. The van der Waals surface area contributed by atoms with E-state index in [4.69, 9.17) is 23.9 Å². The normalized spacial score (nSPS) is 22.5. The van der Waals surface area contributed by atoms with E-state index < -0.39 is 48.0 Å². The lowest BCUT2D eigenvalue weighted by Gasteiger charge is -2.38. The Morgan fingerprint density at radius 2 is 1.46 bits per heavy atom. The Balaban J connectivity index is 0.960. The average Bonchev–Trinajstić information content (AvgIpc) is 4.24. The lowest BCUT2D eigenvalue weighted by Crippen LogP contribution is -2.54. The Morgan fingerprint density at radius 3 is 2.07 bits per heavy atom. The molecule has 392 valence electrons. The minimum Gasteiger partial charge on any atom is -0.464 e. The van der Waals surface area contributed by atoms with E-state index in [9.17, 15) is 24.3 Å². The van der Waals surface area contributed by atoms with Gasteiger partial charge in [-0.1, -0.05) is 19.9 Å². The van der Waals surface area contributed by atoms with Crippen molar-refractivity contribution in [2.75, 3.05) is 27.3 Å². The number of carbonyl (C=O) groups excluding carboxylic acids is 4. The molecule has 4 aromatic heterocycles. The predicted molar refractivity (Wildman–Crippen MR) is 272 cm³/mol. The summed E-state index contributed by atoms with van der Waals surface area (Å²) in [5.74, 6) is 0.186. The van der Waals surface area contributed by atoms with E-state index in [1.54, 1.807) is 43.4 Å². The second-order valence-corrected chi connectivity index (χ2v) is 21.9. The van der Waals surface area contributed by atoms with Crippen LogP contribution in [-0.4, -0.2) is 120 Å². The highest BCUT2D eigenvalue weighted by Gasteiger charge is 2.43. The van der Waals surface area contributed by atoms with Crippen molar-refractivity contribution in [3.8, 4) is 39.5 Å². The number of aliphatic hydroxyl groups is 1. The van der Waals surface area contributed by atoms with Crippen LogP contribution in [0.2, 0.25) is 0 Å². The summed E-state index contributed by atoms with van der Waals surface area (Å²) in [6.07, 6.45) is 6.88. The number of fused-ring (bicyclic) bond motifs is 5. The Kier molecular flexibility index (Phi) is 13.8. The smallest absolute Gasteiger partial charge is 0.407 e. The topological polar surface area (TPSA) is 231 Å². The highest BCUT2D eigenvalue weighted by atomic mass is 32.1. The van der Waals surface area contributed by atoms with Gasteiger partial charge in [0.15, 0.2) is 0 Å². The number of nitrogens with zero attached hydrogens (tertiary/aromatic N) is 6. The van der Waals surface area contributed by atoms with E-state index in [1.165, 1.54) is 31.6 Å². The summed E-state index contributed by atoms with van der Waals surface area (Å²) in [6, 6.07) is 8.78. The summed E-state index contributed by atoms with van der Waals surface area (Å²) in [6.45, 7) is 12.0. The number of carbonyl (C=O) groups is 4. The molecule has 4 unspecified atom stereocenters. The molecule has 8 atom stereocenters. The van der Waals surface area contributed by atoms with Crippen LogP contribution in [0.25, 0.3) is 44.7 Å². The first kappa shape index (κ1) is 50.7. The molecule has 4 amide bonds. The van der Waals surface area contributed by atoms with Gasteiger partial charge in [-0.3, -0.25) is 14.2 Å². The number of thiazole rings is 1. The van der Waals surface area contributed by atoms with Crippen LogP contribution in [0.15, 0.2) is 55.0 Å². The van der Waals surface area contributed by atoms with E-state index >= 15 is 4.39 Å². The number of hydrogen-bond donors (Lipinski definition) is 5. The van der Waals surface area contributed by atoms with Crippen molar-refractivity contribution in [2.24, 2.45) is 11.8 Å². The molecule has 5 N–H and O–H groups in total. The number of alkyl carbamates (subject to hydrolysis) is 2. The van der Waals surface area contributed by atoms with Gasteiger partial charge in [0.25, 0.3) is 0 Å². The summed E-state index contributed by atoms with van der Waals surface area (Å²) < 4.78 is 41.5. The van der Waals surface area contributed by atoms with Crippen molar-refractivity contribution in [3.05, 3.63) is 82.3 Å². The maximum Gasteiger partial charge on any atom is 0.407 e. The van der Waals surface area contributed by atoms with Crippen molar-refractivity contribution in [1.29, 1.82) is 0 Å². The van der Waals surface area contributed by atoms with Crippen molar-refractivity contribution in [2.45, 2.75) is 128 Å². The van der Waals surface area contributed by atoms with Crippen LogP contribution in [0.1, 0.15) is 120 Å². The fourth-order valence-electron chi connectivity index (χ4n) is 11.3. The van der Waals surface area contributed by atoms with Gasteiger partial charge in [0.05, 0.1) is 83.9 Å². The number of ether oxygens (including phenoxy) is 4. The van der Waals surface area contributed by atoms with Crippen LogP contribution in [0, 0.1) is 17.7 Å². The number of aromatic nitrogens is 6. The molecule has 19 nitrogen and oxygen atoms in total. The molecule has 3 saturated heterocycles. The van der Waals surface area contributed by atoms with Gasteiger partial charge in [0.1, 0.15) is 45.9 Å². The number of hydrogen-bond acceptors (Lipinski definition) is 13. The van der Waals surface area contributed by atoms with E-state index in [0.29, 0.717) is 83.0 Å². The summed E-state index contributed by atoms with van der Waals surface area (Å²) in [4.78, 5) is 78.2. The highest BCUT2D eigenvalue weighted by Crippen LogP contribution is 2.49. The average molecular weight is 1040 g/mol. The number of likely N-dealkylation sites (tertiary alicyclic amines) is 2. The van der Waals surface area contributed by atoms with Crippen LogP contribution in [0.3, 0.4) is 0 Å². The molecule has 0 aliphatic carbocycles. The van der Waals surface area contributed by atoms with Gasteiger partial charge < -0.3 is 54.5 Å². The van der Waals surface area contributed by atoms with Crippen molar-refractivity contribution in [3.63, 3.8) is 0 Å². The van der Waals surface area contributed by atoms with Crippen molar-refractivity contribution in [1.82, 2.24) is 49.9 Å². The van der Waals surface area contributed by atoms with Gasteiger partial charge in [-0.05, 0) is 108 Å². The van der Waals surface area contributed by atoms with E-state index in [-0.39, 0.29) is 47.5 Å². The molecule has 10 rings (SSSR count). The molecule has 8 heterocycles. The molecule has 4 aliphatic heterocycles. The fourth-order valence-corrected chi connectivity index (χ4v) is 12.2. The Labute approximate surface area is 431 Å². The minimum atomic E-state index is -1.22. The third-order valence-corrected chi connectivity index (χ3v) is 16.1. The van der Waals surface area contributed by atoms with Crippen molar-refractivity contribution < 1.29 is 47.6 Å². The standard InChI is InChI=1S/C53H63FN10O9S/c1-26(2)43(60-51(67)70-7)47(65)62-15-9-11-37(62)46-56-24-35(59-46)30-20-33(54)42-39-21-31-19-29(13-14-36(31)64(39)49(73-40(42)22-30)41-25-57-50(74-41)53(5,6)69)34-23-55-45(58-34)38-12-10-16-63(38)48(66)44(61-52(68)71-8)32-17-27(3)72-28(4)18-32/h13-14,19-28,32,37-38,43-44,49,69H,9-12,15-18H2,1-8H3,(H,55,58)(H,56,59)(H,60,67)(H,61,68)/t27-,28+,32?,37-,38-,43?,44?,49?/m0/s1. The van der Waals surface area contributed by atoms with Crippen LogP contribution in [0.5, 0.6) is 5.75 Å². The molecule has 0 spiro atoms. The first-order valence-electron chi connectivity index (χ1n) is 25.3. The first-order chi connectivity index (χ1) is 35.4. The maximum absolute atomic E-state index is 17.0. The van der Waals surface area contributed by atoms with E-state index in [1.807, 2.05) is 61.4 Å². The van der Waals surface area contributed by atoms with E-state index in [2.05, 4.69) is 30.6 Å². The van der Waals surface area contributed by atoms with Gasteiger partial charge in [-0.15, -0.1) is 11.3 Å². The lowest BCUT2D eigenvalue weighted by molar-refractivity contribution is -0.138. The van der Waals surface area contributed by atoms with E-state index in [0.717, 1.165) is 35.0 Å². The molecule has 0 saturated carbocycles. The number of methoxy groups -OCH3 is 2. The molecule has 21 heteroatoms. The second kappa shape index (κ2) is 20.1. The Hall–Kier alpha value is -6.84. The van der Waals surface area contributed by atoms with Gasteiger partial charge in [0.2, 0.25) is 18.0 Å². The third kappa shape index (κ3) is 9.60.